The van der Waals surface area contributed by atoms with Crippen LogP contribution in [0.4, 0.5) is 21.7 Å². The Kier molecular flexibility index (Phi) is 5.77. The van der Waals surface area contributed by atoms with E-state index in [0.29, 0.717) is 22.8 Å². The molecular weight excluding hydrogens is 481 g/mol. The normalized spacial score (nSPS) is 11.3. The molecule has 3 heterocycles. The van der Waals surface area contributed by atoms with Gasteiger partial charge in [0.25, 0.3) is 0 Å². The van der Waals surface area contributed by atoms with Crippen LogP contribution in [0.5, 0.6) is 0 Å². The number of fused-ring (bicyclic) bond motifs is 1. The Morgan fingerprint density at radius 2 is 1.77 bits per heavy atom. The highest BCUT2D eigenvalue weighted by molar-refractivity contribution is 6.31. The second kappa shape index (κ2) is 9.19. The average Bonchev–Trinajstić information content (AvgIpc) is 3.51. The van der Waals surface area contributed by atoms with Gasteiger partial charge in [-0.25, -0.2) is 18.8 Å². The van der Waals surface area contributed by atoms with Gasteiger partial charge < -0.3 is 14.8 Å². The Hall–Kier alpha value is -4.84. The third-order valence-electron chi connectivity index (χ3n) is 4.70. The summed E-state index contributed by atoms with van der Waals surface area (Å²) in [5.41, 5.74) is 4.40. The third-order valence-corrected chi connectivity index (χ3v) is 4.99. The smallest absolute Gasteiger partial charge is 0.335 e. The monoisotopic (exact) mass is 493 g/mol. The molecule has 35 heavy (non-hydrogen) atoms. The summed E-state index contributed by atoms with van der Waals surface area (Å²) >= 11 is 5.85. The Bertz CT molecular complexity index is 1570. The lowest BCUT2D eigenvalue weighted by molar-refractivity contribution is 0.0697. The molecule has 3 aromatic heterocycles. The highest BCUT2D eigenvalue weighted by Gasteiger charge is 2.14. The molecule has 0 fully saturated rings. The van der Waals surface area contributed by atoms with E-state index in [4.69, 9.17) is 21.1 Å². The van der Waals surface area contributed by atoms with Gasteiger partial charge in [0.2, 0.25) is 11.3 Å². The standard InChI is InChI=1S/C22H13ClFN7O4/c23-15-9-13(5-7-16(15)24)26-18-19(28-21-20(27-18)30-35-31-21)29-25-10-14-6-8-17(34-14)11-1-3-12(4-2-11)22(32)33/h1-10H,(H,32,33)(H,26,27,30)(H,28,29,31)/b25-10+. The summed E-state index contributed by atoms with van der Waals surface area (Å²) in [6.45, 7) is 0. The Labute approximate surface area is 200 Å². The minimum Gasteiger partial charge on any atom is -0.478 e. The van der Waals surface area contributed by atoms with E-state index in [1.54, 1.807) is 24.3 Å². The number of rotatable bonds is 7. The van der Waals surface area contributed by atoms with E-state index < -0.39 is 11.8 Å². The number of carboxylic acid groups (broad SMARTS) is 1. The number of hydrazone groups is 1. The maximum Gasteiger partial charge on any atom is 0.335 e. The van der Waals surface area contributed by atoms with Crippen LogP contribution in [0.25, 0.3) is 22.6 Å². The van der Waals surface area contributed by atoms with Crippen LogP contribution >= 0.6 is 11.6 Å². The second-order valence-electron chi connectivity index (χ2n) is 7.04. The van der Waals surface area contributed by atoms with Gasteiger partial charge in [0.15, 0.2) is 11.6 Å². The number of halogens is 2. The average molecular weight is 494 g/mol. The molecular formula is C22H13ClFN7O4. The van der Waals surface area contributed by atoms with Crippen molar-refractivity contribution in [1.82, 2.24) is 20.3 Å². The first kappa shape index (κ1) is 22.0. The molecule has 5 rings (SSSR count). The summed E-state index contributed by atoms with van der Waals surface area (Å²) < 4.78 is 23.9. The second-order valence-corrected chi connectivity index (χ2v) is 7.45. The van der Waals surface area contributed by atoms with Crippen LogP contribution in [-0.4, -0.2) is 37.6 Å². The van der Waals surface area contributed by atoms with Crippen LogP contribution in [0.15, 0.2) is 68.7 Å². The van der Waals surface area contributed by atoms with Gasteiger partial charge in [-0.3, -0.25) is 5.43 Å². The van der Waals surface area contributed by atoms with Crippen molar-refractivity contribution in [1.29, 1.82) is 0 Å². The number of hydrogen-bond acceptors (Lipinski definition) is 10. The summed E-state index contributed by atoms with van der Waals surface area (Å²) in [6, 6.07) is 13.8. The Morgan fingerprint density at radius 1 is 1.03 bits per heavy atom. The maximum absolute atomic E-state index is 13.5. The number of aromatic nitrogens is 4. The first-order valence-electron chi connectivity index (χ1n) is 9.91. The van der Waals surface area contributed by atoms with Gasteiger partial charge in [0.05, 0.1) is 16.8 Å². The number of carbonyl (C=O) groups is 1. The Morgan fingerprint density at radius 3 is 2.49 bits per heavy atom. The van der Waals surface area contributed by atoms with Crippen LogP contribution < -0.4 is 10.7 Å². The molecule has 0 bridgehead atoms. The molecule has 0 saturated carbocycles. The van der Waals surface area contributed by atoms with Gasteiger partial charge in [-0.05, 0) is 52.8 Å². The minimum atomic E-state index is -1.01. The summed E-state index contributed by atoms with van der Waals surface area (Å²) in [5.74, 6) is -0.208. The predicted octanol–water partition coefficient (Wildman–Crippen LogP) is 4.95. The molecule has 0 spiro atoms. The fraction of sp³-hybridized carbons (Fsp3) is 0. The van der Waals surface area contributed by atoms with Gasteiger partial charge in [-0.1, -0.05) is 23.7 Å². The fourth-order valence-electron chi connectivity index (χ4n) is 3.03. The quantitative estimate of drug-likeness (QED) is 0.209. The molecule has 5 aromatic rings. The molecule has 174 valence electrons. The molecule has 0 aliphatic carbocycles. The summed E-state index contributed by atoms with van der Waals surface area (Å²) in [6.07, 6.45) is 1.42. The Balaban J connectivity index is 1.35. The highest BCUT2D eigenvalue weighted by Crippen LogP contribution is 2.27. The van der Waals surface area contributed by atoms with Crippen LogP contribution in [0, 0.1) is 5.82 Å². The first-order valence-corrected chi connectivity index (χ1v) is 10.3. The number of anilines is 3. The van der Waals surface area contributed by atoms with Gasteiger partial charge in [0.1, 0.15) is 17.3 Å². The zero-order valence-corrected chi connectivity index (χ0v) is 18.2. The van der Waals surface area contributed by atoms with Crippen molar-refractivity contribution in [2.24, 2.45) is 5.10 Å². The number of furan rings is 1. The van der Waals surface area contributed by atoms with E-state index in [1.165, 1.54) is 36.5 Å². The largest absolute Gasteiger partial charge is 0.478 e. The predicted molar refractivity (Wildman–Crippen MR) is 124 cm³/mol. The number of aromatic carboxylic acids is 1. The third kappa shape index (κ3) is 4.77. The molecule has 0 aliphatic rings. The number of nitrogens with zero attached hydrogens (tertiary/aromatic N) is 5. The SMILES string of the molecule is O=C(O)c1ccc(-c2ccc(/C=N/Nc3nc4nonc4nc3Nc3ccc(F)c(Cl)c3)o2)cc1. The van der Waals surface area contributed by atoms with E-state index in [1.807, 2.05) is 0 Å². The van der Waals surface area contributed by atoms with Crippen molar-refractivity contribution in [2.45, 2.75) is 0 Å². The zero-order valence-electron chi connectivity index (χ0n) is 17.4. The van der Waals surface area contributed by atoms with Crippen LogP contribution in [-0.2, 0) is 0 Å². The minimum absolute atomic E-state index is 0.0640. The number of carboxylic acids is 1. The number of benzene rings is 2. The van der Waals surface area contributed by atoms with E-state index in [2.05, 4.69) is 40.8 Å². The highest BCUT2D eigenvalue weighted by atomic mass is 35.5. The number of nitrogens with one attached hydrogen (secondary N) is 2. The van der Waals surface area contributed by atoms with Gasteiger partial charge in [0, 0.05) is 11.3 Å². The first-order chi connectivity index (χ1) is 17.0. The molecule has 0 amide bonds. The van der Waals surface area contributed by atoms with Crippen LogP contribution in [0.2, 0.25) is 5.02 Å². The van der Waals surface area contributed by atoms with Crippen LogP contribution in [0.1, 0.15) is 16.1 Å². The molecule has 11 nitrogen and oxygen atoms in total. The molecule has 2 aromatic carbocycles. The molecule has 0 unspecified atom stereocenters. The zero-order chi connectivity index (χ0) is 24.4. The van der Waals surface area contributed by atoms with Crippen molar-refractivity contribution in [3.05, 3.63) is 76.8 Å². The van der Waals surface area contributed by atoms with Crippen molar-refractivity contribution in [2.75, 3.05) is 10.7 Å². The molecule has 13 heteroatoms. The lowest BCUT2D eigenvalue weighted by Crippen LogP contribution is -2.03. The van der Waals surface area contributed by atoms with Gasteiger partial charge in [-0.2, -0.15) is 10.1 Å². The summed E-state index contributed by atoms with van der Waals surface area (Å²) in [7, 11) is 0. The van der Waals surface area contributed by atoms with E-state index in [9.17, 15) is 9.18 Å². The lowest BCUT2D eigenvalue weighted by atomic mass is 10.1. The topological polar surface area (TPSA) is 152 Å². The fourth-order valence-corrected chi connectivity index (χ4v) is 3.21. The van der Waals surface area contributed by atoms with Crippen LogP contribution in [0.3, 0.4) is 0 Å². The van der Waals surface area contributed by atoms with Crippen molar-refractivity contribution >= 4 is 52.4 Å². The molecule has 0 aliphatic heterocycles. The summed E-state index contributed by atoms with van der Waals surface area (Å²) in [5, 5.41) is 23.4. The van der Waals surface area contributed by atoms with Crippen molar-refractivity contribution in [3.63, 3.8) is 0 Å². The van der Waals surface area contributed by atoms with E-state index >= 15 is 0 Å². The molecule has 3 N–H and O–H groups in total. The van der Waals surface area contributed by atoms with E-state index in [-0.39, 0.29) is 33.5 Å². The van der Waals surface area contributed by atoms with Gasteiger partial charge in [-0.15, -0.1) is 0 Å². The van der Waals surface area contributed by atoms with E-state index in [0.717, 1.165) is 0 Å². The number of hydrogen-bond donors (Lipinski definition) is 3. The lowest BCUT2D eigenvalue weighted by Gasteiger charge is -2.09. The molecule has 0 radical (unpaired) electrons. The molecule has 0 saturated heterocycles. The van der Waals surface area contributed by atoms with Crippen molar-refractivity contribution < 1.29 is 23.3 Å². The maximum atomic E-state index is 13.5. The van der Waals surface area contributed by atoms with Crippen molar-refractivity contribution in [3.8, 4) is 11.3 Å². The van der Waals surface area contributed by atoms with Gasteiger partial charge >= 0.3 is 5.97 Å². The summed E-state index contributed by atoms with van der Waals surface area (Å²) in [4.78, 5) is 19.6. The molecule has 0 atom stereocenters.